The monoisotopic (exact) mass is 272 g/mol. The van der Waals surface area contributed by atoms with Crippen LogP contribution in [0.4, 0.5) is 0 Å². The predicted molar refractivity (Wildman–Crippen MR) is 80.4 cm³/mol. The van der Waals surface area contributed by atoms with E-state index in [4.69, 9.17) is 0 Å². The van der Waals surface area contributed by atoms with Crippen LogP contribution in [0.15, 0.2) is 24.3 Å². The van der Waals surface area contributed by atoms with Crippen molar-refractivity contribution >= 4 is 5.91 Å². The van der Waals surface area contributed by atoms with Gasteiger partial charge in [0.05, 0.1) is 12.0 Å². The van der Waals surface area contributed by atoms with Crippen LogP contribution in [-0.4, -0.2) is 18.0 Å². The zero-order valence-corrected chi connectivity index (χ0v) is 12.4. The number of benzene rings is 1. The Morgan fingerprint density at radius 1 is 1.35 bits per heavy atom. The van der Waals surface area contributed by atoms with Crippen molar-refractivity contribution in [3.63, 3.8) is 0 Å². The predicted octanol–water partition coefficient (Wildman–Crippen LogP) is 2.57. The van der Waals surface area contributed by atoms with Crippen molar-refractivity contribution in [2.75, 3.05) is 0 Å². The van der Waals surface area contributed by atoms with Crippen LogP contribution in [0.3, 0.4) is 0 Å². The van der Waals surface area contributed by atoms with Gasteiger partial charge >= 0.3 is 0 Å². The third kappa shape index (κ3) is 2.59. The van der Waals surface area contributed by atoms with Gasteiger partial charge in [-0.15, -0.1) is 0 Å². The van der Waals surface area contributed by atoms with Gasteiger partial charge < -0.3 is 10.6 Å². The van der Waals surface area contributed by atoms with E-state index in [9.17, 15) is 4.79 Å². The lowest BCUT2D eigenvalue weighted by Crippen LogP contribution is -2.38. The Kier molecular flexibility index (Phi) is 3.79. The first-order valence-corrected chi connectivity index (χ1v) is 7.82. The standard InChI is InChI=1S/C17H24N2O/c1-3-12-4-6-13(7-5-12)11(2)18-17(20)15-10-14-8-9-16(15)19-14/h4-7,11,14-16,19H,3,8-10H2,1-2H3,(H,18,20). The molecule has 1 aromatic rings. The van der Waals surface area contributed by atoms with E-state index in [-0.39, 0.29) is 17.9 Å². The molecule has 0 spiro atoms. The van der Waals surface area contributed by atoms with Gasteiger partial charge in [0.1, 0.15) is 0 Å². The maximum atomic E-state index is 12.4. The second-order valence-corrected chi connectivity index (χ2v) is 6.22. The van der Waals surface area contributed by atoms with E-state index in [1.807, 2.05) is 0 Å². The fourth-order valence-corrected chi connectivity index (χ4v) is 3.56. The van der Waals surface area contributed by atoms with Crippen molar-refractivity contribution in [1.82, 2.24) is 10.6 Å². The molecule has 108 valence electrons. The third-order valence-electron chi connectivity index (χ3n) is 4.88. The Balaban J connectivity index is 1.60. The van der Waals surface area contributed by atoms with Gasteiger partial charge in [0, 0.05) is 12.1 Å². The molecule has 0 saturated carbocycles. The minimum atomic E-state index is 0.0903. The SMILES string of the molecule is CCc1ccc(C(C)NC(=O)C2CC3CCC2N3)cc1. The smallest absolute Gasteiger partial charge is 0.225 e. The van der Waals surface area contributed by atoms with Crippen LogP contribution in [0.25, 0.3) is 0 Å². The Morgan fingerprint density at radius 3 is 2.65 bits per heavy atom. The molecule has 2 aliphatic rings. The third-order valence-corrected chi connectivity index (χ3v) is 4.88. The second kappa shape index (κ2) is 5.57. The first-order valence-electron chi connectivity index (χ1n) is 7.82. The van der Waals surface area contributed by atoms with Crippen molar-refractivity contribution < 1.29 is 4.79 Å². The van der Waals surface area contributed by atoms with Crippen LogP contribution in [0.5, 0.6) is 0 Å². The Hall–Kier alpha value is -1.35. The Morgan fingerprint density at radius 2 is 2.10 bits per heavy atom. The number of hydrogen-bond donors (Lipinski definition) is 2. The lowest BCUT2D eigenvalue weighted by molar-refractivity contribution is -0.126. The van der Waals surface area contributed by atoms with Crippen molar-refractivity contribution in [1.29, 1.82) is 0 Å². The molecule has 2 aliphatic heterocycles. The summed E-state index contributed by atoms with van der Waals surface area (Å²) in [6.07, 6.45) is 4.46. The summed E-state index contributed by atoms with van der Waals surface area (Å²) in [5.74, 6) is 0.392. The first-order chi connectivity index (χ1) is 9.67. The summed E-state index contributed by atoms with van der Waals surface area (Å²) in [6.45, 7) is 4.22. The lowest BCUT2D eigenvalue weighted by Gasteiger charge is -2.22. The fraction of sp³-hybridized carbons (Fsp3) is 0.588. The number of amides is 1. The summed E-state index contributed by atoms with van der Waals surface area (Å²) < 4.78 is 0. The molecule has 4 unspecified atom stereocenters. The van der Waals surface area contributed by atoms with Crippen LogP contribution < -0.4 is 10.6 Å². The summed E-state index contributed by atoms with van der Waals surface area (Å²) in [5.41, 5.74) is 2.52. The zero-order chi connectivity index (χ0) is 14.1. The van der Waals surface area contributed by atoms with Crippen LogP contribution >= 0.6 is 0 Å². The van der Waals surface area contributed by atoms with E-state index in [0.29, 0.717) is 12.1 Å². The number of fused-ring (bicyclic) bond motifs is 2. The van der Waals surface area contributed by atoms with E-state index < -0.39 is 0 Å². The van der Waals surface area contributed by atoms with Crippen LogP contribution in [0, 0.1) is 5.92 Å². The molecule has 2 saturated heterocycles. The lowest BCUT2D eigenvalue weighted by atomic mass is 9.88. The summed E-state index contributed by atoms with van der Waals surface area (Å²) in [7, 11) is 0. The molecule has 3 nitrogen and oxygen atoms in total. The first kappa shape index (κ1) is 13.6. The van der Waals surface area contributed by atoms with Gasteiger partial charge in [-0.05, 0) is 43.7 Å². The van der Waals surface area contributed by atoms with E-state index in [1.54, 1.807) is 0 Å². The van der Waals surface area contributed by atoms with Crippen molar-refractivity contribution in [2.45, 2.75) is 57.7 Å². The number of aryl methyl sites for hydroxylation is 1. The highest BCUT2D eigenvalue weighted by Gasteiger charge is 2.42. The largest absolute Gasteiger partial charge is 0.349 e. The van der Waals surface area contributed by atoms with Gasteiger partial charge in [0.25, 0.3) is 0 Å². The van der Waals surface area contributed by atoms with Crippen LogP contribution in [0.1, 0.15) is 50.3 Å². The minimum absolute atomic E-state index is 0.0903. The highest BCUT2D eigenvalue weighted by molar-refractivity contribution is 5.80. The topological polar surface area (TPSA) is 41.1 Å². The maximum Gasteiger partial charge on any atom is 0.225 e. The quantitative estimate of drug-likeness (QED) is 0.884. The summed E-state index contributed by atoms with van der Waals surface area (Å²) in [5, 5.41) is 6.71. The number of rotatable bonds is 4. The number of nitrogens with one attached hydrogen (secondary N) is 2. The molecule has 2 bridgehead atoms. The molecule has 20 heavy (non-hydrogen) atoms. The second-order valence-electron chi connectivity index (χ2n) is 6.22. The molecule has 4 atom stereocenters. The number of carbonyl (C=O) groups excluding carboxylic acids is 1. The van der Waals surface area contributed by atoms with E-state index >= 15 is 0 Å². The zero-order valence-electron chi connectivity index (χ0n) is 12.4. The highest BCUT2D eigenvalue weighted by Crippen LogP contribution is 2.33. The minimum Gasteiger partial charge on any atom is -0.349 e. The maximum absolute atomic E-state index is 12.4. The molecular formula is C17H24N2O. The molecular weight excluding hydrogens is 248 g/mol. The van der Waals surface area contributed by atoms with Crippen LogP contribution in [0.2, 0.25) is 0 Å². The Bertz CT molecular complexity index is 482. The molecule has 3 heteroatoms. The number of carbonyl (C=O) groups is 1. The fourth-order valence-electron chi connectivity index (χ4n) is 3.56. The van der Waals surface area contributed by atoms with Gasteiger partial charge in [0.2, 0.25) is 5.91 Å². The van der Waals surface area contributed by atoms with E-state index in [1.165, 1.54) is 17.5 Å². The van der Waals surface area contributed by atoms with Gasteiger partial charge in [0.15, 0.2) is 0 Å². The van der Waals surface area contributed by atoms with Gasteiger partial charge in [-0.3, -0.25) is 4.79 Å². The average Bonchev–Trinajstić information content (AvgIpc) is 3.10. The summed E-state index contributed by atoms with van der Waals surface area (Å²) in [4.78, 5) is 12.4. The molecule has 1 aromatic carbocycles. The summed E-state index contributed by atoms with van der Waals surface area (Å²) in [6, 6.07) is 9.64. The van der Waals surface area contributed by atoms with Crippen molar-refractivity contribution in [3.8, 4) is 0 Å². The molecule has 2 heterocycles. The normalized spacial score (nSPS) is 29.4. The van der Waals surface area contributed by atoms with Crippen LogP contribution in [-0.2, 0) is 11.2 Å². The van der Waals surface area contributed by atoms with Gasteiger partial charge in [-0.2, -0.15) is 0 Å². The highest BCUT2D eigenvalue weighted by atomic mass is 16.2. The molecule has 0 radical (unpaired) electrons. The molecule has 1 amide bonds. The van der Waals surface area contributed by atoms with Gasteiger partial charge in [-0.1, -0.05) is 31.2 Å². The molecule has 0 aromatic heterocycles. The molecule has 2 N–H and O–H groups in total. The van der Waals surface area contributed by atoms with Crippen molar-refractivity contribution in [2.24, 2.45) is 5.92 Å². The van der Waals surface area contributed by atoms with Crippen molar-refractivity contribution in [3.05, 3.63) is 35.4 Å². The number of hydrogen-bond acceptors (Lipinski definition) is 2. The summed E-state index contributed by atoms with van der Waals surface area (Å²) >= 11 is 0. The average molecular weight is 272 g/mol. The van der Waals surface area contributed by atoms with Gasteiger partial charge in [-0.25, -0.2) is 0 Å². The molecule has 2 fully saturated rings. The van der Waals surface area contributed by atoms with E-state index in [2.05, 4.69) is 48.7 Å². The molecule has 3 rings (SSSR count). The Labute approximate surface area is 121 Å². The van der Waals surface area contributed by atoms with E-state index in [0.717, 1.165) is 19.3 Å². The molecule has 0 aliphatic carbocycles.